The minimum atomic E-state index is -0.982. The van der Waals surface area contributed by atoms with Gasteiger partial charge in [-0.2, -0.15) is 0 Å². The van der Waals surface area contributed by atoms with Crippen LogP contribution in [0.3, 0.4) is 0 Å². The number of ketones is 1. The van der Waals surface area contributed by atoms with E-state index in [0.29, 0.717) is 40.7 Å². The Labute approximate surface area is 238 Å². The van der Waals surface area contributed by atoms with E-state index >= 15 is 0 Å². The lowest BCUT2D eigenvalue weighted by atomic mass is 9.95. The van der Waals surface area contributed by atoms with Crippen LogP contribution in [0.2, 0.25) is 0 Å². The first-order valence-corrected chi connectivity index (χ1v) is 13.6. The quantitative estimate of drug-likeness (QED) is 0.0941. The fourth-order valence-corrected chi connectivity index (χ4v) is 4.80. The topological polar surface area (TPSA) is 76.1 Å². The second kappa shape index (κ2) is 12.5. The number of carbonyl (C=O) groups excluding carboxylic acids is 2. The van der Waals surface area contributed by atoms with Gasteiger partial charge in [-0.05, 0) is 84.8 Å². The number of anilines is 1. The first kappa shape index (κ1) is 27.6. The number of unbranched alkanes of at least 4 members (excludes halogenated alkanes) is 2. The normalized spacial score (nSPS) is 16.1. The van der Waals surface area contributed by atoms with Crippen LogP contribution in [0.1, 0.15) is 43.4 Å². The summed E-state index contributed by atoms with van der Waals surface area (Å²) in [5.41, 5.74) is 1.15. The number of carbonyl (C=O) groups is 2. The van der Waals surface area contributed by atoms with Crippen molar-refractivity contribution in [2.45, 2.75) is 32.2 Å². The second-order valence-electron chi connectivity index (χ2n) is 9.71. The zero-order chi connectivity index (χ0) is 28.8. The van der Waals surface area contributed by atoms with E-state index in [9.17, 15) is 19.1 Å². The minimum Gasteiger partial charge on any atom is -0.507 e. The molecular weight excluding hydrogens is 521 g/mol. The largest absolute Gasteiger partial charge is 0.507 e. The van der Waals surface area contributed by atoms with Gasteiger partial charge in [0, 0.05) is 11.3 Å². The number of aliphatic hydroxyl groups excluding tert-OH is 1. The van der Waals surface area contributed by atoms with E-state index in [1.165, 1.54) is 29.2 Å². The minimum absolute atomic E-state index is 0.0761. The molecule has 41 heavy (non-hydrogen) atoms. The first-order chi connectivity index (χ1) is 20.0. The van der Waals surface area contributed by atoms with E-state index in [4.69, 9.17) is 9.47 Å². The second-order valence-corrected chi connectivity index (χ2v) is 9.71. The zero-order valence-electron chi connectivity index (χ0n) is 22.6. The van der Waals surface area contributed by atoms with Crippen molar-refractivity contribution >= 4 is 23.1 Å². The molecule has 1 fully saturated rings. The van der Waals surface area contributed by atoms with Crippen LogP contribution in [0.25, 0.3) is 5.76 Å². The molecule has 1 aliphatic rings. The highest BCUT2D eigenvalue weighted by molar-refractivity contribution is 6.51. The van der Waals surface area contributed by atoms with Crippen LogP contribution in [0.5, 0.6) is 17.2 Å². The monoisotopic (exact) mass is 551 g/mol. The van der Waals surface area contributed by atoms with Gasteiger partial charge >= 0.3 is 0 Å². The standard InChI is InChI=1S/C34H30FNO5/c1-2-3-7-21-40-27-19-13-23(14-20-27)32(37)30-31(36(34(39)33(30)38)26-17-15-25(35)16-18-26)24-9-8-12-29(22-24)41-28-10-5-4-6-11-28/h4-6,8-20,22,31,37H,2-3,7,21H2,1H3/b32-30-. The molecule has 4 aromatic carbocycles. The van der Waals surface area contributed by atoms with Crippen LogP contribution in [0.4, 0.5) is 10.1 Å². The highest BCUT2D eigenvalue weighted by atomic mass is 19.1. The average molecular weight is 552 g/mol. The Hall–Kier alpha value is -4.91. The summed E-state index contributed by atoms with van der Waals surface area (Å²) in [6, 6.07) is 27.3. The Morgan fingerprint density at radius 1 is 0.829 bits per heavy atom. The molecule has 1 heterocycles. The number of para-hydroxylation sites is 1. The number of benzene rings is 4. The summed E-state index contributed by atoms with van der Waals surface area (Å²) in [5.74, 6) is -0.703. The van der Waals surface area contributed by atoms with E-state index in [1.54, 1.807) is 48.5 Å². The van der Waals surface area contributed by atoms with Gasteiger partial charge < -0.3 is 14.6 Å². The van der Waals surface area contributed by atoms with Crippen molar-refractivity contribution in [2.24, 2.45) is 0 Å². The highest BCUT2D eigenvalue weighted by Gasteiger charge is 2.47. The van der Waals surface area contributed by atoms with Crippen LogP contribution < -0.4 is 14.4 Å². The molecule has 1 saturated heterocycles. The van der Waals surface area contributed by atoms with Gasteiger partial charge in [0.2, 0.25) is 0 Å². The molecule has 1 unspecified atom stereocenters. The maximum atomic E-state index is 13.8. The number of hydrogen-bond donors (Lipinski definition) is 1. The summed E-state index contributed by atoms with van der Waals surface area (Å²) in [6.45, 7) is 2.71. The summed E-state index contributed by atoms with van der Waals surface area (Å²) < 4.78 is 25.5. The number of halogens is 1. The third-order valence-corrected chi connectivity index (χ3v) is 6.85. The summed E-state index contributed by atoms with van der Waals surface area (Å²) in [7, 11) is 0. The van der Waals surface area contributed by atoms with Gasteiger partial charge in [-0.15, -0.1) is 0 Å². The van der Waals surface area contributed by atoms with Crippen LogP contribution >= 0.6 is 0 Å². The maximum absolute atomic E-state index is 13.8. The molecule has 0 aromatic heterocycles. The predicted octanol–water partition coefficient (Wildman–Crippen LogP) is 7.81. The Morgan fingerprint density at radius 2 is 1.54 bits per heavy atom. The molecule has 4 aromatic rings. The highest BCUT2D eigenvalue weighted by Crippen LogP contribution is 2.43. The number of aliphatic hydroxyl groups is 1. The Balaban J connectivity index is 1.55. The molecule has 1 amide bonds. The lowest BCUT2D eigenvalue weighted by molar-refractivity contribution is -0.132. The fraction of sp³-hybridized carbons (Fsp3) is 0.176. The molecule has 0 spiro atoms. The fourth-order valence-electron chi connectivity index (χ4n) is 4.80. The third kappa shape index (κ3) is 6.14. The van der Waals surface area contributed by atoms with Crippen molar-refractivity contribution < 1.29 is 28.6 Å². The van der Waals surface area contributed by atoms with Crippen molar-refractivity contribution in [3.8, 4) is 17.2 Å². The molecule has 7 heteroatoms. The van der Waals surface area contributed by atoms with Crippen molar-refractivity contribution in [1.82, 2.24) is 0 Å². The summed E-state index contributed by atoms with van der Waals surface area (Å²) >= 11 is 0. The number of Topliss-reactive ketones (excluding diaryl/α,β-unsaturated/α-hetero) is 1. The smallest absolute Gasteiger partial charge is 0.300 e. The summed E-state index contributed by atoms with van der Waals surface area (Å²) in [6.07, 6.45) is 3.11. The number of nitrogens with zero attached hydrogens (tertiary/aromatic N) is 1. The molecular formula is C34H30FNO5. The third-order valence-electron chi connectivity index (χ3n) is 6.85. The molecule has 5 rings (SSSR count). The predicted molar refractivity (Wildman–Crippen MR) is 156 cm³/mol. The molecule has 1 N–H and O–H groups in total. The molecule has 1 atom stereocenters. The Kier molecular flexibility index (Phi) is 8.44. The van der Waals surface area contributed by atoms with Gasteiger partial charge in [-0.3, -0.25) is 14.5 Å². The SMILES string of the molecule is CCCCCOc1ccc(/C(O)=C2/C(=O)C(=O)N(c3ccc(F)cc3)C2c2cccc(Oc3ccccc3)c2)cc1. The molecule has 0 radical (unpaired) electrons. The Morgan fingerprint density at radius 3 is 2.24 bits per heavy atom. The van der Waals surface area contributed by atoms with Crippen molar-refractivity contribution in [2.75, 3.05) is 11.5 Å². The first-order valence-electron chi connectivity index (χ1n) is 13.6. The Bertz CT molecular complexity index is 1550. The van der Waals surface area contributed by atoms with E-state index in [0.717, 1.165) is 19.3 Å². The molecule has 0 bridgehead atoms. The average Bonchev–Trinajstić information content (AvgIpc) is 3.26. The van der Waals surface area contributed by atoms with Gasteiger partial charge in [-0.25, -0.2) is 4.39 Å². The molecule has 0 aliphatic carbocycles. The molecule has 0 saturated carbocycles. The number of hydrogen-bond acceptors (Lipinski definition) is 5. The number of rotatable bonds is 10. The van der Waals surface area contributed by atoms with Crippen LogP contribution in [0.15, 0.2) is 109 Å². The lowest BCUT2D eigenvalue weighted by Gasteiger charge is -2.25. The lowest BCUT2D eigenvalue weighted by Crippen LogP contribution is -2.29. The maximum Gasteiger partial charge on any atom is 0.300 e. The molecule has 6 nitrogen and oxygen atoms in total. The van der Waals surface area contributed by atoms with E-state index in [-0.39, 0.29) is 11.3 Å². The summed E-state index contributed by atoms with van der Waals surface area (Å²) in [4.78, 5) is 28.1. The van der Waals surface area contributed by atoms with E-state index in [1.807, 2.05) is 30.3 Å². The van der Waals surface area contributed by atoms with Crippen LogP contribution in [-0.4, -0.2) is 23.4 Å². The zero-order valence-corrected chi connectivity index (χ0v) is 22.6. The molecule has 1 aliphatic heterocycles. The summed E-state index contributed by atoms with van der Waals surface area (Å²) in [5, 5.41) is 11.4. The van der Waals surface area contributed by atoms with Crippen LogP contribution in [0, 0.1) is 5.82 Å². The van der Waals surface area contributed by atoms with Gasteiger partial charge in [0.1, 0.15) is 28.8 Å². The number of amides is 1. The number of ether oxygens (including phenoxy) is 2. The van der Waals surface area contributed by atoms with Gasteiger partial charge in [0.05, 0.1) is 18.2 Å². The van der Waals surface area contributed by atoms with Crippen molar-refractivity contribution in [1.29, 1.82) is 0 Å². The van der Waals surface area contributed by atoms with Crippen molar-refractivity contribution in [3.63, 3.8) is 0 Å². The molecule has 208 valence electrons. The van der Waals surface area contributed by atoms with Gasteiger partial charge in [0.15, 0.2) is 0 Å². The van der Waals surface area contributed by atoms with Gasteiger partial charge in [0.25, 0.3) is 11.7 Å². The van der Waals surface area contributed by atoms with Gasteiger partial charge in [-0.1, -0.05) is 50.1 Å². The van der Waals surface area contributed by atoms with Crippen molar-refractivity contribution in [3.05, 3.63) is 126 Å². The van der Waals surface area contributed by atoms with E-state index < -0.39 is 23.5 Å². The van der Waals surface area contributed by atoms with E-state index in [2.05, 4.69) is 6.92 Å². The van der Waals surface area contributed by atoms with Crippen LogP contribution in [-0.2, 0) is 9.59 Å².